The molecule has 0 N–H and O–H groups in total. The van der Waals surface area contributed by atoms with E-state index in [1.54, 1.807) is 0 Å². The van der Waals surface area contributed by atoms with E-state index >= 15 is 0 Å². The summed E-state index contributed by atoms with van der Waals surface area (Å²) in [6.07, 6.45) is 0. The Morgan fingerprint density at radius 2 is 1.27 bits per heavy atom. The first-order chi connectivity index (χ1) is 10.6. The first-order valence-electron chi connectivity index (χ1n) is 7.89. The van der Waals surface area contributed by atoms with Gasteiger partial charge >= 0.3 is 0 Å². The largest absolute Gasteiger partial charge is 0.0619 e. The highest BCUT2D eigenvalue weighted by atomic mass is 14.4. The van der Waals surface area contributed by atoms with Crippen molar-refractivity contribution in [1.82, 2.24) is 0 Å². The third-order valence-corrected chi connectivity index (χ3v) is 4.97. The number of hydrogen-bond acceptors (Lipinski definition) is 0. The van der Waals surface area contributed by atoms with Gasteiger partial charge in [-0.2, -0.15) is 0 Å². The van der Waals surface area contributed by atoms with E-state index in [0.29, 0.717) is 0 Å². The molecule has 0 aliphatic heterocycles. The molecule has 0 aromatic heterocycles. The van der Waals surface area contributed by atoms with Crippen LogP contribution in [0, 0.1) is 6.92 Å². The van der Waals surface area contributed by atoms with Gasteiger partial charge in [0, 0.05) is 5.41 Å². The molecule has 0 heteroatoms. The first-order valence-corrected chi connectivity index (χ1v) is 7.89. The van der Waals surface area contributed by atoms with E-state index in [9.17, 15) is 0 Å². The lowest BCUT2D eigenvalue weighted by molar-refractivity contribution is 0.660. The van der Waals surface area contributed by atoms with E-state index in [4.69, 9.17) is 0 Å². The van der Waals surface area contributed by atoms with Crippen LogP contribution in [0.3, 0.4) is 0 Å². The van der Waals surface area contributed by atoms with E-state index in [1.807, 2.05) is 0 Å². The highest BCUT2D eigenvalue weighted by molar-refractivity contribution is 5.84. The molecule has 108 valence electrons. The van der Waals surface area contributed by atoms with Gasteiger partial charge in [-0.3, -0.25) is 0 Å². The number of rotatable bonds is 1. The molecule has 3 aromatic rings. The zero-order chi connectivity index (χ0) is 15.3. The molecular formula is C22H20. The number of fused-ring (bicyclic) bond motifs is 3. The molecule has 4 rings (SSSR count). The van der Waals surface area contributed by atoms with Gasteiger partial charge in [0.1, 0.15) is 0 Å². The smallest absolute Gasteiger partial charge is 0.0158 e. The average molecular weight is 284 g/mol. The molecule has 22 heavy (non-hydrogen) atoms. The van der Waals surface area contributed by atoms with Gasteiger partial charge in [-0.15, -0.1) is 0 Å². The van der Waals surface area contributed by atoms with Gasteiger partial charge in [-0.1, -0.05) is 80.1 Å². The van der Waals surface area contributed by atoms with Crippen molar-refractivity contribution >= 4 is 0 Å². The van der Waals surface area contributed by atoms with Crippen LogP contribution in [-0.2, 0) is 5.41 Å². The standard InChI is InChI=1S/C22H20/c1-15-8-10-16(11-9-15)17-12-13-21-19(14-17)18-6-4-5-7-20(18)22(21,2)3/h4-14H,1-3H3. The number of benzene rings is 3. The van der Waals surface area contributed by atoms with Crippen molar-refractivity contribution in [3.05, 3.63) is 83.4 Å². The van der Waals surface area contributed by atoms with Crippen LogP contribution in [0.5, 0.6) is 0 Å². The van der Waals surface area contributed by atoms with Crippen LogP contribution in [-0.4, -0.2) is 0 Å². The highest BCUT2D eigenvalue weighted by Crippen LogP contribution is 2.49. The molecule has 0 spiro atoms. The predicted molar refractivity (Wildman–Crippen MR) is 94.2 cm³/mol. The second kappa shape index (κ2) is 4.58. The quantitative estimate of drug-likeness (QED) is 0.516. The zero-order valence-corrected chi connectivity index (χ0v) is 13.4. The summed E-state index contributed by atoms with van der Waals surface area (Å²) in [5.74, 6) is 0. The highest BCUT2D eigenvalue weighted by Gasteiger charge is 2.34. The van der Waals surface area contributed by atoms with Crippen molar-refractivity contribution in [2.75, 3.05) is 0 Å². The fourth-order valence-corrected chi connectivity index (χ4v) is 3.65. The lowest BCUT2D eigenvalue weighted by atomic mass is 9.82. The average Bonchev–Trinajstić information content (AvgIpc) is 2.77. The van der Waals surface area contributed by atoms with Crippen LogP contribution in [0.2, 0.25) is 0 Å². The maximum atomic E-state index is 2.35. The Balaban J connectivity index is 1.92. The summed E-state index contributed by atoms with van der Waals surface area (Å²) in [5.41, 5.74) is 9.63. The molecule has 0 saturated carbocycles. The molecule has 3 aromatic carbocycles. The number of hydrogen-bond donors (Lipinski definition) is 0. The molecular weight excluding hydrogens is 264 g/mol. The summed E-state index contributed by atoms with van der Waals surface area (Å²) >= 11 is 0. The van der Waals surface area contributed by atoms with Gasteiger partial charge in [0.2, 0.25) is 0 Å². The summed E-state index contributed by atoms with van der Waals surface area (Å²) in [7, 11) is 0. The molecule has 0 saturated heterocycles. The SMILES string of the molecule is Cc1ccc(-c2ccc3c(c2)-c2ccccc2C3(C)C)cc1. The first kappa shape index (κ1) is 13.3. The van der Waals surface area contributed by atoms with E-state index in [-0.39, 0.29) is 5.41 Å². The summed E-state index contributed by atoms with van der Waals surface area (Å²) in [6.45, 7) is 6.78. The summed E-state index contributed by atoms with van der Waals surface area (Å²) in [6, 6.07) is 24.5. The summed E-state index contributed by atoms with van der Waals surface area (Å²) < 4.78 is 0. The molecule has 1 aliphatic rings. The third kappa shape index (κ3) is 1.84. The second-order valence-electron chi connectivity index (χ2n) is 6.80. The number of aryl methyl sites for hydroxylation is 1. The Kier molecular flexibility index (Phi) is 2.77. The molecule has 0 nitrogen and oxygen atoms in total. The summed E-state index contributed by atoms with van der Waals surface area (Å²) in [4.78, 5) is 0. The van der Waals surface area contributed by atoms with Gasteiger partial charge in [0.15, 0.2) is 0 Å². The van der Waals surface area contributed by atoms with Gasteiger partial charge < -0.3 is 0 Å². The second-order valence-corrected chi connectivity index (χ2v) is 6.80. The molecule has 1 aliphatic carbocycles. The minimum absolute atomic E-state index is 0.0950. The molecule has 0 bridgehead atoms. The zero-order valence-electron chi connectivity index (χ0n) is 13.4. The Morgan fingerprint density at radius 3 is 2.05 bits per heavy atom. The maximum Gasteiger partial charge on any atom is 0.0158 e. The monoisotopic (exact) mass is 284 g/mol. The third-order valence-electron chi connectivity index (χ3n) is 4.97. The Labute approximate surface area is 132 Å². The van der Waals surface area contributed by atoms with Gasteiger partial charge in [-0.25, -0.2) is 0 Å². The fourth-order valence-electron chi connectivity index (χ4n) is 3.65. The van der Waals surface area contributed by atoms with E-state index < -0.39 is 0 Å². The van der Waals surface area contributed by atoms with Crippen LogP contribution < -0.4 is 0 Å². The van der Waals surface area contributed by atoms with Crippen LogP contribution >= 0.6 is 0 Å². The molecule has 0 heterocycles. The molecule has 0 atom stereocenters. The van der Waals surface area contributed by atoms with Crippen molar-refractivity contribution in [2.24, 2.45) is 0 Å². The van der Waals surface area contributed by atoms with Crippen molar-refractivity contribution < 1.29 is 0 Å². The van der Waals surface area contributed by atoms with Crippen molar-refractivity contribution in [3.63, 3.8) is 0 Å². The normalized spacial score (nSPS) is 14.5. The Hall–Kier alpha value is -2.34. The molecule has 0 unspecified atom stereocenters. The van der Waals surface area contributed by atoms with Crippen molar-refractivity contribution in [1.29, 1.82) is 0 Å². The van der Waals surface area contributed by atoms with E-state index in [1.165, 1.54) is 38.9 Å². The van der Waals surface area contributed by atoms with Crippen LogP contribution in [0.15, 0.2) is 66.7 Å². The lowest BCUT2D eigenvalue weighted by Crippen LogP contribution is -2.14. The van der Waals surface area contributed by atoms with Crippen molar-refractivity contribution in [3.8, 4) is 22.3 Å². The van der Waals surface area contributed by atoms with Crippen LogP contribution in [0.4, 0.5) is 0 Å². The minimum atomic E-state index is 0.0950. The molecule has 0 amide bonds. The lowest BCUT2D eigenvalue weighted by Gasteiger charge is -2.21. The minimum Gasteiger partial charge on any atom is -0.0619 e. The van der Waals surface area contributed by atoms with Crippen LogP contribution in [0.25, 0.3) is 22.3 Å². The van der Waals surface area contributed by atoms with Crippen LogP contribution in [0.1, 0.15) is 30.5 Å². The molecule has 0 fully saturated rings. The van der Waals surface area contributed by atoms with Gasteiger partial charge in [-0.05, 0) is 46.4 Å². The Bertz CT molecular complexity index is 851. The maximum absolute atomic E-state index is 2.35. The fraction of sp³-hybridized carbons (Fsp3) is 0.182. The molecule has 0 radical (unpaired) electrons. The van der Waals surface area contributed by atoms with Gasteiger partial charge in [0.05, 0.1) is 0 Å². The Morgan fingerprint density at radius 1 is 0.636 bits per heavy atom. The predicted octanol–water partition coefficient (Wildman–Crippen LogP) is 5.97. The van der Waals surface area contributed by atoms with Gasteiger partial charge in [0.25, 0.3) is 0 Å². The summed E-state index contributed by atoms with van der Waals surface area (Å²) in [5, 5.41) is 0. The van der Waals surface area contributed by atoms with E-state index in [2.05, 4.69) is 87.5 Å². The topological polar surface area (TPSA) is 0 Å². The van der Waals surface area contributed by atoms with Crippen molar-refractivity contribution in [2.45, 2.75) is 26.2 Å². The van der Waals surface area contributed by atoms with E-state index in [0.717, 1.165) is 0 Å².